The van der Waals surface area contributed by atoms with Crippen molar-refractivity contribution in [3.63, 3.8) is 0 Å². The number of nitrogens with zero attached hydrogens (tertiary/aromatic N) is 1. The van der Waals surface area contributed by atoms with E-state index in [0.717, 1.165) is 0 Å². The van der Waals surface area contributed by atoms with Gasteiger partial charge in [-0.25, -0.2) is 0 Å². The van der Waals surface area contributed by atoms with Crippen LogP contribution < -0.4 is 5.32 Å². The van der Waals surface area contributed by atoms with Crippen molar-refractivity contribution in [2.75, 3.05) is 32.7 Å². The second kappa shape index (κ2) is 6.58. The topological polar surface area (TPSA) is 15.3 Å². The Balaban J connectivity index is 0.00000162. The molecule has 108 valence electrons. The van der Waals surface area contributed by atoms with Gasteiger partial charge in [0.2, 0.25) is 0 Å². The number of nitrogens with one attached hydrogen (secondary N) is 1. The molecule has 0 spiro atoms. The van der Waals surface area contributed by atoms with E-state index in [1.807, 2.05) is 0 Å². The largest absolute Gasteiger partial charge is 0.316 e. The van der Waals surface area contributed by atoms with Gasteiger partial charge in [-0.15, -0.1) is 12.4 Å². The number of likely N-dealkylation sites (tertiary alicyclic amines) is 1. The summed E-state index contributed by atoms with van der Waals surface area (Å²) < 4.78 is 0. The van der Waals surface area contributed by atoms with Crippen LogP contribution in [-0.4, -0.2) is 37.6 Å². The summed E-state index contributed by atoms with van der Waals surface area (Å²) in [5.41, 5.74) is 1.21. The van der Waals surface area contributed by atoms with Crippen molar-refractivity contribution in [3.05, 3.63) is 0 Å². The molecule has 2 saturated heterocycles. The Morgan fingerprint density at radius 3 is 2.11 bits per heavy atom. The average Bonchev–Trinajstić information content (AvgIpc) is 2.77. The van der Waals surface area contributed by atoms with Gasteiger partial charge >= 0.3 is 0 Å². The maximum absolute atomic E-state index is 3.51. The lowest BCUT2D eigenvalue weighted by atomic mass is 9.74. The monoisotopic (exact) mass is 274 g/mol. The molecule has 2 nitrogen and oxygen atoms in total. The van der Waals surface area contributed by atoms with Gasteiger partial charge in [0.1, 0.15) is 0 Å². The predicted molar refractivity (Wildman–Crippen MR) is 81.5 cm³/mol. The van der Waals surface area contributed by atoms with Gasteiger partial charge in [0.15, 0.2) is 0 Å². The highest BCUT2D eigenvalue weighted by atomic mass is 35.5. The highest BCUT2D eigenvalue weighted by molar-refractivity contribution is 5.85. The molecule has 0 bridgehead atoms. The number of hydrogen-bond donors (Lipinski definition) is 1. The Hall–Kier alpha value is 0.210. The number of piperidine rings is 1. The Morgan fingerprint density at radius 1 is 1.06 bits per heavy atom. The van der Waals surface area contributed by atoms with Crippen LogP contribution in [0, 0.1) is 10.8 Å². The Bertz CT molecular complexity index is 235. The zero-order chi connectivity index (χ0) is 12.4. The fourth-order valence-electron chi connectivity index (χ4n) is 3.69. The highest BCUT2D eigenvalue weighted by Gasteiger charge is 2.35. The zero-order valence-electron chi connectivity index (χ0n) is 12.4. The lowest BCUT2D eigenvalue weighted by Gasteiger charge is -2.43. The number of hydrogen-bond acceptors (Lipinski definition) is 2. The van der Waals surface area contributed by atoms with Crippen molar-refractivity contribution in [2.45, 2.75) is 52.9 Å². The van der Waals surface area contributed by atoms with E-state index < -0.39 is 0 Å². The van der Waals surface area contributed by atoms with Crippen LogP contribution in [0.25, 0.3) is 0 Å². The van der Waals surface area contributed by atoms with Crippen LogP contribution in [0.15, 0.2) is 0 Å². The fourth-order valence-corrected chi connectivity index (χ4v) is 3.69. The standard InChI is InChI=1S/C15H30N2.ClH/c1-4-15(5-2)7-10-17(11-8-15)13-14(3)6-9-16-12-14;/h16H,4-13H2,1-3H3;1H. The van der Waals surface area contributed by atoms with Crippen LogP contribution >= 0.6 is 12.4 Å². The molecule has 1 N–H and O–H groups in total. The van der Waals surface area contributed by atoms with Gasteiger partial charge in [-0.05, 0) is 49.7 Å². The minimum Gasteiger partial charge on any atom is -0.316 e. The van der Waals surface area contributed by atoms with Gasteiger partial charge in [0.25, 0.3) is 0 Å². The summed E-state index contributed by atoms with van der Waals surface area (Å²) in [5.74, 6) is 0. The van der Waals surface area contributed by atoms with E-state index in [4.69, 9.17) is 0 Å². The number of rotatable bonds is 4. The summed E-state index contributed by atoms with van der Waals surface area (Å²) in [6.07, 6.45) is 6.94. The summed E-state index contributed by atoms with van der Waals surface area (Å²) >= 11 is 0. The molecule has 2 aliphatic rings. The Morgan fingerprint density at radius 2 is 1.67 bits per heavy atom. The normalized spacial score (nSPS) is 32.2. The van der Waals surface area contributed by atoms with E-state index >= 15 is 0 Å². The van der Waals surface area contributed by atoms with Crippen LogP contribution in [0.1, 0.15) is 52.9 Å². The Kier molecular flexibility index (Phi) is 5.95. The average molecular weight is 275 g/mol. The van der Waals surface area contributed by atoms with Gasteiger partial charge in [-0.2, -0.15) is 0 Å². The fraction of sp³-hybridized carbons (Fsp3) is 1.00. The van der Waals surface area contributed by atoms with Crippen LogP contribution in [0.5, 0.6) is 0 Å². The SMILES string of the molecule is CCC1(CC)CCN(CC2(C)CCNC2)CC1.Cl. The van der Waals surface area contributed by atoms with E-state index in [1.54, 1.807) is 0 Å². The molecule has 0 aromatic heterocycles. The summed E-state index contributed by atoms with van der Waals surface area (Å²) in [7, 11) is 0. The minimum atomic E-state index is 0. The lowest BCUT2D eigenvalue weighted by molar-refractivity contribution is 0.0693. The first-order valence-electron chi connectivity index (χ1n) is 7.54. The lowest BCUT2D eigenvalue weighted by Crippen LogP contribution is -2.44. The van der Waals surface area contributed by atoms with E-state index in [0.29, 0.717) is 10.8 Å². The molecule has 2 heterocycles. The molecule has 0 aromatic rings. The summed E-state index contributed by atoms with van der Waals surface area (Å²) in [5, 5.41) is 3.51. The maximum atomic E-state index is 3.51. The highest BCUT2D eigenvalue weighted by Crippen LogP contribution is 2.39. The molecular formula is C15H31ClN2. The molecule has 3 heteroatoms. The second-order valence-corrected chi connectivity index (χ2v) is 6.72. The molecule has 0 amide bonds. The van der Waals surface area contributed by atoms with Crippen molar-refractivity contribution in [1.29, 1.82) is 0 Å². The van der Waals surface area contributed by atoms with Crippen molar-refractivity contribution < 1.29 is 0 Å². The molecule has 0 aliphatic carbocycles. The van der Waals surface area contributed by atoms with E-state index in [1.165, 1.54) is 64.8 Å². The summed E-state index contributed by atoms with van der Waals surface area (Å²) in [6, 6.07) is 0. The van der Waals surface area contributed by atoms with Gasteiger partial charge in [-0.3, -0.25) is 0 Å². The molecule has 2 aliphatic heterocycles. The molecule has 0 radical (unpaired) electrons. The van der Waals surface area contributed by atoms with Gasteiger partial charge < -0.3 is 10.2 Å². The predicted octanol–water partition coefficient (Wildman–Crippen LogP) is 3.31. The first-order chi connectivity index (χ1) is 8.11. The van der Waals surface area contributed by atoms with Crippen molar-refractivity contribution in [3.8, 4) is 0 Å². The quantitative estimate of drug-likeness (QED) is 0.846. The molecular weight excluding hydrogens is 244 g/mol. The van der Waals surface area contributed by atoms with Gasteiger partial charge in [-0.1, -0.05) is 33.6 Å². The molecule has 1 unspecified atom stereocenters. The molecule has 0 aromatic carbocycles. The zero-order valence-corrected chi connectivity index (χ0v) is 13.2. The van der Waals surface area contributed by atoms with Crippen molar-refractivity contribution >= 4 is 12.4 Å². The van der Waals surface area contributed by atoms with Crippen LogP contribution in [0.2, 0.25) is 0 Å². The molecule has 2 rings (SSSR count). The van der Waals surface area contributed by atoms with Gasteiger partial charge in [0, 0.05) is 13.1 Å². The molecule has 0 saturated carbocycles. The third-order valence-electron chi connectivity index (χ3n) is 5.48. The van der Waals surface area contributed by atoms with Crippen LogP contribution in [0.4, 0.5) is 0 Å². The molecule has 2 fully saturated rings. The first-order valence-corrected chi connectivity index (χ1v) is 7.54. The van der Waals surface area contributed by atoms with Crippen LogP contribution in [0.3, 0.4) is 0 Å². The summed E-state index contributed by atoms with van der Waals surface area (Å²) in [6.45, 7) is 13.6. The molecule has 18 heavy (non-hydrogen) atoms. The van der Waals surface area contributed by atoms with E-state index in [9.17, 15) is 0 Å². The second-order valence-electron chi connectivity index (χ2n) is 6.72. The van der Waals surface area contributed by atoms with Crippen LogP contribution in [-0.2, 0) is 0 Å². The Labute approximate surface area is 119 Å². The van der Waals surface area contributed by atoms with E-state index in [-0.39, 0.29) is 12.4 Å². The molecule has 1 atom stereocenters. The smallest absolute Gasteiger partial charge is 0.00480 e. The van der Waals surface area contributed by atoms with Crippen molar-refractivity contribution in [1.82, 2.24) is 10.2 Å². The minimum absolute atomic E-state index is 0. The third-order valence-corrected chi connectivity index (χ3v) is 5.48. The van der Waals surface area contributed by atoms with E-state index in [2.05, 4.69) is 31.0 Å². The van der Waals surface area contributed by atoms with Crippen molar-refractivity contribution in [2.24, 2.45) is 10.8 Å². The maximum Gasteiger partial charge on any atom is 0.00480 e. The van der Waals surface area contributed by atoms with Gasteiger partial charge in [0.05, 0.1) is 0 Å². The first kappa shape index (κ1) is 16.3. The number of halogens is 1. The summed E-state index contributed by atoms with van der Waals surface area (Å²) in [4.78, 5) is 2.72. The third kappa shape index (κ3) is 3.61.